The second-order valence-electron chi connectivity index (χ2n) is 4.66. The summed E-state index contributed by atoms with van der Waals surface area (Å²) in [5.74, 6) is -4.35. The van der Waals surface area contributed by atoms with Gasteiger partial charge >= 0.3 is 0 Å². The van der Waals surface area contributed by atoms with Gasteiger partial charge in [-0.1, -0.05) is 0 Å². The molecule has 0 saturated carbocycles. The van der Waals surface area contributed by atoms with Crippen LogP contribution in [0.5, 0.6) is 0 Å². The summed E-state index contributed by atoms with van der Waals surface area (Å²) >= 11 is 0. The topological polar surface area (TPSA) is 41.1 Å². The zero-order chi connectivity index (χ0) is 13.8. The summed E-state index contributed by atoms with van der Waals surface area (Å²) < 4.78 is 38.7. The number of halogens is 3. The highest BCUT2D eigenvalue weighted by Gasteiger charge is 2.16. The third kappa shape index (κ3) is 3.47. The Morgan fingerprint density at radius 2 is 2.00 bits per heavy atom. The summed E-state index contributed by atoms with van der Waals surface area (Å²) in [6.07, 6.45) is 1.88. The number of carbonyl (C=O) groups is 1. The van der Waals surface area contributed by atoms with Gasteiger partial charge in [-0.25, -0.2) is 13.2 Å². The third-order valence-corrected chi connectivity index (χ3v) is 3.25. The molecule has 1 fully saturated rings. The van der Waals surface area contributed by atoms with Crippen LogP contribution in [0, 0.1) is 23.4 Å². The van der Waals surface area contributed by atoms with E-state index in [4.69, 9.17) is 0 Å². The quantitative estimate of drug-likeness (QED) is 0.821. The number of rotatable bonds is 4. The van der Waals surface area contributed by atoms with E-state index in [9.17, 15) is 18.0 Å². The van der Waals surface area contributed by atoms with Gasteiger partial charge in [-0.05, 0) is 44.0 Å². The summed E-state index contributed by atoms with van der Waals surface area (Å²) in [7, 11) is 0. The maximum atomic E-state index is 13.0. The Kier molecular flexibility index (Phi) is 4.42. The molecule has 0 aromatic heterocycles. The average Bonchev–Trinajstić information content (AvgIpc) is 2.88. The first-order chi connectivity index (χ1) is 9.08. The van der Waals surface area contributed by atoms with Crippen molar-refractivity contribution in [3.8, 4) is 0 Å². The summed E-state index contributed by atoms with van der Waals surface area (Å²) in [5.41, 5.74) is -0.207. The molecule has 1 unspecified atom stereocenters. The lowest BCUT2D eigenvalue weighted by atomic mass is 10.1. The molecular formula is C13H15F3N2O. The number of carbonyl (C=O) groups excluding carboxylic acids is 1. The van der Waals surface area contributed by atoms with Crippen LogP contribution in [0.4, 0.5) is 13.2 Å². The van der Waals surface area contributed by atoms with E-state index in [-0.39, 0.29) is 5.56 Å². The highest BCUT2D eigenvalue weighted by Crippen LogP contribution is 2.14. The fourth-order valence-electron chi connectivity index (χ4n) is 2.14. The van der Waals surface area contributed by atoms with Crippen LogP contribution < -0.4 is 10.6 Å². The van der Waals surface area contributed by atoms with E-state index < -0.39 is 23.4 Å². The van der Waals surface area contributed by atoms with Gasteiger partial charge in [-0.3, -0.25) is 4.79 Å². The maximum Gasteiger partial charge on any atom is 0.251 e. The smallest absolute Gasteiger partial charge is 0.251 e. The Bertz CT molecular complexity index is 450. The molecular weight excluding hydrogens is 257 g/mol. The van der Waals surface area contributed by atoms with Gasteiger partial charge in [0.2, 0.25) is 0 Å². The Morgan fingerprint density at radius 3 is 2.58 bits per heavy atom. The number of amides is 1. The molecule has 3 nitrogen and oxygen atoms in total. The standard InChI is InChI=1S/C13H15F3N2O/c14-10-5-9(6-11(15)12(10)16)13(19)18-4-2-8-1-3-17-7-8/h5-6,8,17H,1-4,7H2,(H,18,19). The van der Waals surface area contributed by atoms with Crippen LogP contribution in [0.1, 0.15) is 23.2 Å². The summed E-state index contributed by atoms with van der Waals surface area (Å²) in [6, 6.07) is 1.40. The highest BCUT2D eigenvalue weighted by molar-refractivity contribution is 5.94. The Balaban J connectivity index is 1.88. The lowest BCUT2D eigenvalue weighted by molar-refractivity contribution is 0.0950. The van der Waals surface area contributed by atoms with Crippen LogP contribution in [-0.2, 0) is 0 Å². The van der Waals surface area contributed by atoms with E-state index in [1.807, 2.05) is 0 Å². The molecule has 1 amide bonds. The Hall–Kier alpha value is -1.56. The van der Waals surface area contributed by atoms with Gasteiger partial charge in [0.1, 0.15) is 0 Å². The van der Waals surface area contributed by atoms with Gasteiger partial charge in [0, 0.05) is 12.1 Å². The Labute approximate surface area is 109 Å². The molecule has 1 aromatic rings. The van der Waals surface area contributed by atoms with Crippen molar-refractivity contribution in [3.63, 3.8) is 0 Å². The van der Waals surface area contributed by atoms with Crippen molar-refractivity contribution in [2.24, 2.45) is 5.92 Å². The predicted molar refractivity (Wildman–Crippen MR) is 64.2 cm³/mol. The summed E-state index contributed by atoms with van der Waals surface area (Å²) in [5, 5.41) is 5.79. The van der Waals surface area contributed by atoms with Crippen molar-refractivity contribution in [1.29, 1.82) is 0 Å². The first-order valence-corrected chi connectivity index (χ1v) is 6.21. The fraction of sp³-hybridized carbons (Fsp3) is 0.462. The van der Waals surface area contributed by atoms with Gasteiger partial charge in [0.25, 0.3) is 5.91 Å². The van der Waals surface area contributed by atoms with Crippen molar-refractivity contribution in [3.05, 3.63) is 35.1 Å². The molecule has 1 heterocycles. The lowest BCUT2D eigenvalue weighted by Crippen LogP contribution is -2.26. The van der Waals surface area contributed by atoms with Gasteiger partial charge in [0.05, 0.1) is 0 Å². The van der Waals surface area contributed by atoms with Crippen LogP contribution >= 0.6 is 0 Å². The van der Waals surface area contributed by atoms with Crippen molar-refractivity contribution in [2.45, 2.75) is 12.8 Å². The molecule has 1 aromatic carbocycles. The molecule has 0 aliphatic carbocycles. The van der Waals surface area contributed by atoms with Crippen molar-refractivity contribution in [1.82, 2.24) is 10.6 Å². The molecule has 2 N–H and O–H groups in total. The number of benzene rings is 1. The zero-order valence-electron chi connectivity index (χ0n) is 10.3. The molecule has 1 saturated heterocycles. The minimum absolute atomic E-state index is 0.207. The van der Waals surface area contributed by atoms with Crippen LogP contribution in [0.15, 0.2) is 12.1 Å². The zero-order valence-corrected chi connectivity index (χ0v) is 10.3. The van der Waals surface area contributed by atoms with Crippen molar-refractivity contribution >= 4 is 5.91 Å². The molecule has 1 aliphatic heterocycles. The first-order valence-electron chi connectivity index (χ1n) is 6.21. The van der Waals surface area contributed by atoms with Crippen LogP contribution in [0.3, 0.4) is 0 Å². The van der Waals surface area contributed by atoms with Crippen molar-refractivity contribution in [2.75, 3.05) is 19.6 Å². The third-order valence-electron chi connectivity index (χ3n) is 3.25. The molecule has 1 atom stereocenters. The molecule has 0 radical (unpaired) electrons. The molecule has 0 bridgehead atoms. The molecule has 0 spiro atoms. The molecule has 19 heavy (non-hydrogen) atoms. The van der Waals surface area contributed by atoms with Crippen molar-refractivity contribution < 1.29 is 18.0 Å². The highest BCUT2D eigenvalue weighted by atomic mass is 19.2. The number of nitrogens with one attached hydrogen (secondary N) is 2. The second-order valence-corrected chi connectivity index (χ2v) is 4.66. The fourth-order valence-corrected chi connectivity index (χ4v) is 2.14. The maximum absolute atomic E-state index is 13.0. The number of hydrogen-bond donors (Lipinski definition) is 2. The van der Waals surface area contributed by atoms with E-state index in [0.717, 1.165) is 25.9 Å². The SMILES string of the molecule is O=C(NCCC1CCNC1)c1cc(F)c(F)c(F)c1. The first kappa shape index (κ1) is 13.9. The second kappa shape index (κ2) is 6.06. The molecule has 2 rings (SSSR count). The Morgan fingerprint density at radius 1 is 1.32 bits per heavy atom. The van der Waals surface area contributed by atoms with Crippen LogP contribution in [0.2, 0.25) is 0 Å². The summed E-state index contributed by atoms with van der Waals surface area (Å²) in [4.78, 5) is 11.7. The minimum Gasteiger partial charge on any atom is -0.352 e. The van der Waals surface area contributed by atoms with E-state index in [0.29, 0.717) is 24.6 Å². The van der Waals surface area contributed by atoms with Gasteiger partial charge in [0.15, 0.2) is 17.5 Å². The van der Waals surface area contributed by atoms with E-state index in [1.165, 1.54) is 0 Å². The van der Waals surface area contributed by atoms with Gasteiger partial charge in [-0.15, -0.1) is 0 Å². The number of hydrogen-bond acceptors (Lipinski definition) is 2. The average molecular weight is 272 g/mol. The lowest BCUT2D eigenvalue weighted by Gasteiger charge is -2.09. The molecule has 1 aliphatic rings. The van der Waals surface area contributed by atoms with Gasteiger partial charge in [-0.2, -0.15) is 0 Å². The van der Waals surface area contributed by atoms with E-state index in [2.05, 4.69) is 10.6 Å². The normalized spacial score (nSPS) is 18.6. The van der Waals surface area contributed by atoms with Crippen LogP contribution in [-0.4, -0.2) is 25.5 Å². The van der Waals surface area contributed by atoms with E-state index >= 15 is 0 Å². The molecule has 104 valence electrons. The van der Waals surface area contributed by atoms with Crippen LogP contribution in [0.25, 0.3) is 0 Å². The molecule has 6 heteroatoms. The minimum atomic E-state index is -1.56. The van der Waals surface area contributed by atoms with E-state index in [1.54, 1.807) is 0 Å². The predicted octanol–water partition coefficient (Wildman–Crippen LogP) is 1.83. The monoisotopic (exact) mass is 272 g/mol. The largest absolute Gasteiger partial charge is 0.352 e. The summed E-state index contributed by atoms with van der Waals surface area (Å²) in [6.45, 7) is 2.34. The van der Waals surface area contributed by atoms with Gasteiger partial charge < -0.3 is 10.6 Å².